The van der Waals surface area contributed by atoms with Gasteiger partial charge in [0.1, 0.15) is 0 Å². The van der Waals surface area contributed by atoms with Crippen molar-refractivity contribution in [1.29, 1.82) is 0 Å². The van der Waals surface area contributed by atoms with Gasteiger partial charge < -0.3 is 9.47 Å². The Bertz CT molecular complexity index is 802. The zero-order chi connectivity index (χ0) is 23.0. The average molecular weight is 502 g/mol. The number of allylic oxidation sites excluding steroid dienone is 2. The largest absolute Gasteiger partial charge is 0.490 e. The summed E-state index contributed by atoms with van der Waals surface area (Å²) in [7, 11) is 0. The van der Waals surface area contributed by atoms with E-state index in [0.717, 1.165) is 36.8 Å². The van der Waals surface area contributed by atoms with Crippen LogP contribution in [-0.4, -0.2) is 13.2 Å². The van der Waals surface area contributed by atoms with E-state index < -0.39 is 5.41 Å². The molecule has 0 radical (unpaired) electrons. The minimum Gasteiger partial charge on any atom is -0.490 e. The van der Waals surface area contributed by atoms with Gasteiger partial charge >= 0.3 is 0 Å². The van der Waals surface area contributed by atoms with E-state index in [1.54, 1.807) is 0 Å². The number of benzene rings is 2. The fourth-order valence-electron chi connectivity index (χ4n) is 3.09. The van der Waals surface area contributed by atoms with Gasteiger partial charge in [-0.1, -0.05) is 72.4 Å². The van der Waals surface area contributed by atoms with Crippen LogP contribution in [0, 0.1) is 0 Å². The molecule has 0 aromatic heterocycles. The molecule has 0 fully saturated rings. The molecule has 0 aliphatic heterocycles. The summed E-state index contributed by atoms with van der Waals surface area (Å²) in [6.07, 6.45) is 7.15. The van der Waals surface area contributed by atoms with Gasteiger partial charge in [-0.05, 0) is 61.1 Å². The summed E-state index contributed by atoms with van der Waals surface area (Å²) in [6.45, 7) is 12.6. The van der Waals surface area contributed by atoms with Crippen molar-refractivity contribution in [3.63, 3.8) is 0 Å². The van der Waals surface area contributed by atoms with Crippen molar-refractivity contribution in [2.45, 2.75) is 44.9 Å². The molecule has 0 heterocycles. The average Bonchev–Trinajstić information content (AvgIpc) is 2.71. The predicted octanol–water partition coefficient (Wildman–Crippen LogP) is 9.32. The Morgan fingerprint density at radius 1 is 0.710 bits per heavy atom. The van der Waals surface area contributed by atoms with E-state index >= 15 is 0 Å². The molecule has 31 heavy (non-hydrogen) atoms. The maximum atomic E-state index is 6.50. The van der Waals surface area contributed by atoms with E-state index in [0.29, 0.717) is 44.8 Å². The molecule has 0 saturated heterocycles. The summed E-state index contributed by atoms with van der Waals surface area (Å²) in [5.41, 5.74) is 1.39. The van der Waals surface area contributed by atoms with Crippen molar-refractivity contribution in [3.8, 4) is 11.5 Å². The van der Waals surface area contributed by atoms with Crippen LogP contribution in [-0.2, 0) is 5.41 Å². The van der Waals surface area contributed by atoms with Crippen molar-refractivity contribution in [3.05, 3.63) is 80.8 Å². The first-order valence-corrected chi connectivity index (χ1v) is 11.7. The molecule has 6 heteroatoms. The predicted molar refractivity (Wildman–Crippen MR) is 135 cm³/mol. The molecule has 0 N–H and O–H groups in total. The van der Waals surface area contributed by atoms with Crippen LogP contribution in [0.4, 0.5) is 0 Å². The van der Waals surface area contributed by atoms with E-state index in [1.807, 2.05) is 36.4 Å². The Morgan fingerprint density at radius 3 is 1.32 bits per heavy atom. The molecule has 0 amide bonds. The normalized spacial score (nSPS) is 11.3. The Hall–Kier alpha value is -1.32. The van der Waals surface area contributed by atoms with Crippen LogP contribution in [0.15, 0.2) is 49.6 Å². The quantitative estimate of drug-likeness (QED) is 0.213. The molecule has 0 aliphatic carbocycles. The van der Waals surface area contributed by atoms with E-state index in [4.69, 9.17) is 55.9 Å². The van der Waals surface area contributed by atoms with Gasteiger partial charge in [-0.25, -0.2) is 0 Å². The topological polar surface area (TPSA) is 18.5 Å². The number of unbranched alkanes of at least 4 members (excludes halogenated alkanes) is 2. The van der Waals surface area contributed by atoms with Gasteiger partial charge in [-0.3, -0.25) is 0 Å². The van der Waals surface area contributed by atoms with Gasteiger partial charge in [-0.2, -0.15) is 0 Å². The summed E-state index contributed by atoms with van der Waals surface area (Å²) >= 11 is 26.0. The first kappa shape index (κ1) is 25.9. The van der Waals surface area contributed by atoms with Crippen LogP contribution in [0.2, 0.25) is 20.1 Å². The van der Waals surface area contributed by atoms with Crippen LogP contribution in [0.5, 0.6) is 11.5 Å². The Kier molecular flexibility index (Phi) is 10.1. The maximum absolute atomic E-state index is 6.50. The van der Waals surface area contributed by atoms with Gasteiger partial charge in [-0.15, -0.1) is 13.2 Å². The fraction of sp³-hybridized carbons (Fsp3) is 0.360. The molecule has 2 aromatic carbocycles. The van der Waals surface area contributed by atoms with Crippen molar-refractivity contribution >= 4 is 46.4 Å². The molecule has 0 saturated carbocycles. The molecule has 0 unspecified atom stereocenters. The van der Waals surface area contributed by atoms with Crippen molar-refractivity contribution in [1.82, 2.24) is 0 Å². The van der Waals surface area contributed by atoms with Crippen molar-refractivity contribution in [2.75, 3.05) is 13.2 Å². The van der Waals surface area contributed by atoms with Gasteiger partial charge in [0, 0.05) is 5.41 Å². The first-order valence-electron chi connectivity index (χ1n) is 10.2. The minimum atomic E-state index is -0.455. The van der Waals surface area contributed by atoms with Gasteiger partial charge in [0.2, 0.25) is 0 Å². The number of ether oxygens (including phenoxy) is 2. The molecule has 2 aromatic rings. The van der Waals surface area contributed by atoms with E-state index in [9.17, 15) is 0 Å². The third-order valence-corrected chi connectivity index (χ3v) is 6.16. The SMILES string of the molecule is C=CCCCOc1c(Cl)cc(C(C)(C)c2cc(Cl)c(OCCCC=C)c(Cl)c2)cc1Cl. The van der Waals surface area contributed by atoms with E-state index in [-0.39, 0.29) is 0 Å². The third kappa shape index (κ3) is 6.83. The Labute approximate surface area is 205 Å². The van der Waals surface area contributed by atoms with Crippen molar-refractivity contribution in [2.24, 2.45) is 0 Å². The van der Waals surface area contributed by atoms with Gasteiger partial charge in [0.25, 0.3) is 0 Å². The van der Waals surface area contributed by atoms with E-state index in [2.05, 4.69) is 27.0 Å². The lowest BCUT2D eigenvalue weighted by molar-refractivity contribution is 0.312. The van der Waals surface area contributed by atoms with Crippen molar-refractivity contribution < 1.29 is 9.47 Å². The fourth-order valence-corrected chi connectivity index (χ4v) is 4.28. The summed E-state index contributed by atoms with van der Waals surface area (Å²) in [5, 5.41) is 1.86. The Morgan fingerprint density at radius 2 is 1.03 bits per heavy atom. The van der Waals surface area contributed by atoms with Crippen LogP contribution < -0.4 is 9.47 Å². The van der Waals surface area contributed by atoms with Crippen LogP contribution >= 0.6 is 46.4 Å². The maximum Gasteiger partial charge on any atom is 0.156 e. The van der Waals surface area contributed by atoms with Crippen LogP contribution in [0.1, 0.15) is 50.7 Å². The zero-order valence-electron chi connectivity index (χ0n) is 17.9. The second kappa shape index (κ2) is 12.1. The molecule has 168 valence electrons. The Balaban J connectivity index is 2.28. The highest BCUT2D eigenvalue weighted by Gasteiger charge is 2.27. The molecule has 0 bridgehead atoms. The van der Waals surface area contributed by atoms with E-state index in [1.165, 1.54) is 0 Å². The second-order valence-electron chi connectivity index (χ2n) is 7.72. The zero-order valence-corrected chi connectivity index (χ0v) is 21.0. The second-order valence-corrected chi connectivity index (χ2v) is 9.35. The molecular weight excluding hydrogens is 474 g/mol. The smallest absolute Gasteiger partial charge is 0.156 e. The number of halogens is 4. The van der Waals surface area contributed by atoms with Gasteiger partial charge in [0.05, 0.1) is 33.3 Å². The lowest BCUT2D eigenvalue weighted by Crippen LogP contribution is -2.19. The molecule has 2 nitrogen and oxygen atoms in total. The summed E-state index contributed by atoms with van der Waals surface area (Å²) in [4.78, 5) is 0. The molecule has 0 spiro atoms. The monoisotopic (exact) mass is 500 g/mol. The summed E-state index contributed by atoms with van der Waals surface area (Å²) < 4.78 is 11.6. The molecule has 0 aliphatic rings. The summed E-state index contributed by atoms with van der Waals surface area (Å²) in [6, 6.07) is 7.49. The number of rotatable bonds is 12. The minimum absolute atomic E-state index is 0.455. The summed E-state index contributed by atoms with van der Waals surface area (Å²) in [5.74, 6) is 0.984. The molecule has 2 rings (SSSR count). The number of hydrogen-bond donors (Lipinski definition) is 0. The van der Waals surface area contributed by atoms with Gasteiger partial charge in [0.15, 0.2) is 11.5 Å². The van der Waals surface area contributed by atoms with Crippen LogP contribution in [0.3, 0.4) is 0 Å². The number of hydrogen-bond acceptors (Lipinski definition) is 2. The highest BCUT2D eigenvalue weighted by molar-refractivity contribution is 6.38. The highest BCUT2D eigenvalue weighted by Crippen LogP contribution is 2.43. The standard InChI is InChI=1S/C25H28Cl4O2/c1-5-7-9-11-30-23-19(26)13-17(14-20(23)27)25(3,4)18-15-21(28)24(22(29)16-18)31-12-10-8-6-2/h5-6,13-16H,1-2,7-12H2,3-4H3. The highest BCUT2D eigenvalue weighted by atomic mass is 35.5. The molecule has 0 atom stereocenters. The third-order valence-electron chi connectivity index (χ3n) is 5.04. The first-order chi connectivity index (χ1) is 14.7. The molecular formula is C25H28Cl4O2. The lowest BCUT2D eigenvalue weighted by Gasteiger charge is -2.28. The lowest BCUT2D eigenvalue weighted by atomic mass is 9.78. The van der Waals surface area contributed by atoms with Crippen LogP contribution in [0.25, 0.3) is 0 Å².